The first kappa shape index (κ1) is 20.5. The summed E-state index contributed by atoms with van der Waals surface area (Å²) in [5.74, 6) is -1.86. The molecular weight excluding hydrogens is 360 g/mol. The number of phenolic OH excluding ortho intramolecular Hbond substituents is 1. The normalized spacial score (nSPS) is 9.71. The van der Waals surface area contributed by atoms with Crippen LogP contribution in [0.3, 0.4) is 0 Å². The maximum atomic E-state index is 11.7. The lowest BCUT2D eigenvalue weighted by Gasteiger charge is -2.06. The van der Waals surface area contributed by atoms with Gasteiger partial charge in [-0.25, -0.2) is 9.59 Å². The summed E-state index contributed by atoms with van der Waals surface area (Å²) in [7, 11) is 0. The number of phenols is 2. The Morgan fingerprint density at radius 3 is 1.71 bits per heavy atom. The molecule has 3 aromatic carbocycles. The number of para-hydroxylation sites is 2. The summed E-state index contributed by atoms with van der Waals surface area (Å²) >= 11 is 0. The Bertz CT molecular complexity index is 921. The molecule has 0 saturated heterocycles. The van der Waals surface area contributed by atoms with E-state index < -0.39 is 11.9 Å². The first-order valence-electron chi connectivity index (χ1n) is 8.49. The summed E-state index contributed by atoms with van der Waals surface area (Å²) < 4.78 is 5.11. The number of carboxylic acids is 1. The second kappa shape index (κ2) is 10.4. The summed E-state index contributed by atoms with van der Waals surface area (Å²) in [4.78, 5) is 21.9. The molecule has 0 saturated carbocycles. The van der Waals surface area contributed by atoms with Gasteiger partial charge in [0.1, 0.15) is 22.6 Å². The number of aromatic hydroxyl groups is 2. The minimum absolute atomic E-state index is 0.0535. The van der Waals surface area contributed by atoms with Gasteiger partial charge < -0.3 is 20.1 Å². The predicted molar refractivity (Wildman–Crippen MR) is 104 cm³/mol. The first-order chi connectivity index (χ1) is 13.5. The maximum Gasteiger partial charge on any atom is 0.341 e. The Labute approximate surface area is 162 Å². The number of hydrogen-bond donors (Lipinski definition) is 3. The SMILES string of the molecule is O=C(O)c1ccccc1O.O=C(OCCc1ccccc1)c1ccccc1O. The molecule has 3 aromatic rings. The molecule has 0 bridgehead atoms. The second-order valence-electron chi connectivity index (χ2n) is 5.71. The Hall–Kier alpha value is -3.80. The fraction of sp³-hybridized carbons (Fsp3) is 0.0909. The zero-order valence-electron chi connectivity index (χ0n) is 15.0. The molecule has 0 radical (unpaired) electrons. The molecule has 0 amide bonds. The van der Waals surface area contributed by atoms with Crippen molar-refractivity contribution < 1.29 is 29.6 Å². The fourth-order valence-corrected chi connectivity index (χ4v) is 2.28. The number of esters is 1. The van der Waals surface area contributed by atoms with Crippen LogP contribution in [-0.2, 0) is 11.2 Å². The number of benzene rings is 3. The van der Waals surface area contributed by atoms with E-state index in [1.807, 2.05) is 30.3 Å². The molecule has 3 N–H and O–H groups in total. The minimum atomic E-state index is -1.11. The summed E-state index contributed by atoms with van der Waals surface area (Å²) in [6, 6.07) is 22.0. The zero-order chi connectivity index (χ0) is 20.4. The van der Waals surface area contributed by atoms with Crippen molar-refractivity contribution in [1.82, 2.24) is 0 Å². The van der Waals surface area contributed by atoms with Gasteiger partial charge in [0.25, 0.3) is 0 Å². The molecule has 6 nitrogen and oxygen atoms in total. The number of hydrogen-bond acceptors (Lipinski definition) is 5. The van der Waals surface area contributed by atoms with Gasteiger partial charge in [0.05, 0.1) is 6.61 Å². The number of carbonyl (C=O) groups is 2. The standard InChI is InChI=1S/C15H14O3.C7H6O3/c16-14-9-5-4-8-13(14)15(17)18-11-10-12-6-2-1-3-7-12;8-6-4-2-1-3-5(6)7(9)10/h1-9,16H,10-11H2;1-4,8H,(H,9,10). The Balaban J connectivity index is 0.000000237. The number of rotatable bonds is 5. The van der Waals surface area contributed by atoms with Crippen molar-refractivity contribution in [2.75, 3.05) is 6.61 Å². The predicted octanol–water partition coefficient (Wildman–Crippen LogP) is 3.88. The van der Waals surface area contributed by atoms with Crippen LogP contribution in [0, 0.1) is 0 Å². The molecule has 3 rings (SSSR count). The van der Waals surface area contributed by atoms with Gasteiger partial charge in [-0.3, -0.25) is 0 Å². The number of aromatic carboxylic acids is 1. The van der Waals surface area contributed by atoms with Gasteiger partial charge in [-0.1, -0.05) is 54.6 Å². The van der Waals surface area contributed by atoms with Gasteiger partial charge in [-0.05, 0) is 29.8 Å². The third kappa shape index (κ3) is 6.17. The molecule has 0 aliphatic heterocycles. The van der Waals surface area contributed by atoms with Crippen molar-refractivity contribution in [2.24, 2.45) is 0 Å². The van der Waals surface area contributed by atoms with E-state index >= 15 is 0 Å². The van der Waals surface area contributed by atoms with Crippen molar-refractivity contribution in [3.8, 4) is 11.5 Å². The van der Waals surface area contributed by atoms with E-state index in [1.165, 1.54) is 18.2 Å². The van der Waals surface area contributed by atoms with Crippen molar-refractivity contribution in [2.45, 2.75) is 6.42 Å². The van der Waals surface area contributed by atoms with Crippen LogP contribution in [0.25, 0.3) is 0 Å². The molecule has 0 aromatic heterocycles. The van der Waals surface area contributed by atoms with Crippen LogP contribution in [0.1, 0.15) is 26.3 Å². The smallest absolute Gasteiger partial charge is 0.341 e. The number of carbonyl (C=O) groups excluding carboxylic acids is 1. The summed E-state index contributed by atoms with van der Waals surface area (Å²) in [6.07, 6.45) is 0.667. The van der Waals surface area contributed by atoms with Gasteiger partial charge >= 0.3 is 11.9 Å². The molecule has 0 spiro atoms. The third-order valence-electron chi connectivity index (χ3n) is 3.73. The molecule has 0 atom stereocenters. The van der Waals surface area contributed by atoms with Crippen LogP contribution in [0.4, 0.5) is 0 Å². The van der Waals surface area contributed by atoms with Gasteiger partial charge in [0, 0.05) is 6.42 Å². The summed E-state index contributed by atoms with van der Waals surface area (Å²) in [5.41, 5.74) is 1.25. The van der Waals surface area contributed by atoms with E-state index in [9.17, 15) is 14.7 Å². The lowest BCUT2D eigenvalue weighted by molar-refractivity contribution is 0.0505. The molecular formula is C22H20O6. The summed E-state index contributed by atoms with van der Waals surface area (Å²) in [5, 5.41) is 26.8. The van der Waals surface area contributed by atoms with Gasteiger partial charge in [0.15, 0.2) is 0 Å². The van der Waals surface area contributed by atoms with Crippen LogP contribution < -0.4 is 0 Å². The van der Waals surface area contributed by atoms with E-state index in [0.717, 1.165) is 5.56 Å². The average molecular weight is 380 g/mol. The molecule has 0 heterocycles. The fourth-order valence-electron chi connectivity index (χ4n) is 2.28. The highest BCUT2D eigenvalue weighted by Gasteiger charge is 2.11. The van der Waals surface area contributed by atoms with Crippen LogP contribution in [0.15, 0.2) is 78.9 Å². The van der Waals surface area contributed by atoms with Crippen molar-refractivity contribution in [3.63, 3.8) is 0 Å². The molecule has 0 aliphatic carbocycles. The highest BCUT2D eigenvalue weighted by Crippen LogP contribution is 2.16. The highest BCUT2D eigenvalue weighted by atomic mass is 16.5. The maximum absolute atomic E-state index is 11.7. The molecule has 0 unspecified atom stereocenters. The van der Waals surface area contributed by atoms with Crippen molar-refractivity contribution in [3.05, 3.63) is 95.6 Å². The second-order valence-corrected chi connectivity index (χ2v) is 5.71. The first-order valence-corrected chi connectivity index (χ1v) is 8.49. The van der Waals surface area contributed by atoms with E-state index in [0.29, 0.717) is 13.0 Å². The number of carboxylic acid groups (broad SMARTS) is 1. The van der Waals surface area contributed by atoms with Gasteiger partial charge in [-0.2, -0.15) is 0 Å². The summed E-state index contributed by atoms with van der Waals surface area (Å²) in [6.45, 7) is 0.303. The lowest BCUT2D eigenvalue weighted by Crippen LogP contribution is -2.08. The quantitative estimate of drug-likeness (QED) is 0.580. The minimum Gasteiger partial charge on any atom is -0.507 e. The van der Waals surface area contributed by atoms with Crippen molar-refractivity contribution in [1.29, 1.82) is 0 Å². The van der Waals surface area contributed by atoms with Gasteiger partial charge in [-0.15, -0.1) is 0 Å². The van der Waals surface area contributed by atoms with E-state index in [1.54, 1.807) is 30.3 Å². The molecule has 0 fully saturated rings. The van der Waals surface area contributed by atoms with Crippen LogP contribution >= 0.6 is 0 Å². The van der Waals surface area contributed by atoms with Crippen molar-refractivity contribution >= 4 is 11.9 Å². The zero-order valence-corrected chi connectivity index (χ0v) is 15.0. The van der Waals surface area contributed by atoms with Crippen LogP contribution in [0.5, 0.6) is 11.5 Å². The highest BCUT2D eigenvalue weighted by molar-refractivity contribution is 5.92. The molecule has 144 valence electrons. The molecule has 0 aliphatic rings. The average Bonchev–Trinajstić information content (AvgIpc) is 2.70. The Kier molecular flexibility index (Phi) is 7.60. The molecule has 6 heteroatoms. The van der Waals surface area contributed by atoms with Gasteiger partial charge in [0.2, 0.25) is 0 Å². The Morgan fingerprint density at radius 1 is 0.714 bits per heavy atom. The van der Waals surface area contributed by atoms with Crippen LogP contribution in [-0.4, -0.2) is 33.9 Å². The monoisotopic (exact) mass is 380 g/mol. The third-order valence-corrected chi connectivity index (χ3v) is 3.73. The molecule has 28 heavy (non-hydrogen) atoms. The lowest BCUT2D eigenvalue weighted by atomic mass is 10.2. The van der Waals surface area contributed by atoms with Crippen LogP contribution in [0.2, 0.25) is 0 Å². The van der Waals surface area contributed by atoms with E-state index in [-0.39, 0.29) is 22.6 Å². The van der Waals surface area contributed by atoms with E-state index in [4.69, 9.17) is 14.9 Å². The Morgan fingerprint density at radius 2 is 1.21 bits per heavy atom. The van der Waals surface area contributed by atoms with E-state index in [2.05, 4.69) is 0 Å². The largest absolute Gasteiger partial charge is 0.507 e. The topological polar surface area (TPSA) is 104 Å². The number of ether oxygens (including phenoxy) is 1.